The minimum atomic E-state index is 0.390. The van der Waals surface area contributed by atoms with Gasteiger partial charge in [0.1, 0.15) is 0 Å². The molecule has 1 N–H and O–H groups in total. The molecule has 0 amide bonds. The Morgan fingerprint density at radius 3 is 2.24 bits per heavy atom. The van der Waals surface area contributed by atoms with E-state index < -0.39 is 0 Å². The highest BCUT2D eigenvalue weighted by atomic mass is 14.9. The van der Waals surface area contributed by atoms with Crippen molar-refractivity contribution in [3.63, 3.8) is 0 Å². The van der Waals surface area contributed by atoms with Crippen molar-refractivity contribution < 1.29 is 0 Å². The van der Waals surface area contributed by atoms with Gasteiger partial charge in [-0.25, -0.2) is 0 Å². The first-order chi connectivity index (χ1) is 8.10. The van der Waals surface area contributed by atoms with Crippen LogP contribution in [0.4, 0.5) is 0 Å². The Kier molecular flexibility index (Phi) is 3.88. The lowest BCUT2D eigenvalue weighted by Gasteiger charge is -2.34. The zero-order chi connectivity index (χ0) is 12.3. The smallest absolute Gasteiger partial charge is 0.00405 e. The van der Waals surface area contributed by atoms with Gasteiger partial charge in [-0.05, 0) is 54.8 Å². The van der Waals surface area contributed by atoms with Gasteiger partial charge in [-0.2, -0.15) is 0 Å². The molecule has 1 heteroatoms. The summed E-state index contributed by atoms with van der Waals surface area (Å²) in [5, 5.41) is 3.45. The van der Waals surface area contributed by atoms with Gasteiger partial charge in [0.15, 0.2) is 0 Å². The SMILES string of the molecule is CC(C)Cc1ccc(C2(C)CCNCC2)cc1. The Labute approximate surface area is 106 Å². The van der Waals surface area contributed by atoms with Crippen molar-refractivity contribution >= 4 is 0 Å². The van der Waals surface area contributed by atoms with E-state index in [9.17, 15) is 0 Å². The molecule has 1 saturated heterocycles. The van der Waals surface area contributed by atoms with Crippen LogP contribution >= 0.6 is 0 Å². The summed E-state index contributed by atoms with van der Waals surface area (Å²) in [5.74, 6) is 0.746. The van der Waals surface area contributed by atoms with Gasteiger partial charge in [0, 0.05) is 0 Å². The van der Waals surface area contributed by atoms with E-state index in [0.717, 1.165) is 19.0 Å². The quantitative estimate of drug-likeness (QED) is 0.839. The summed E-state index contributed by atoms with van der Waals surface area (Å²) in [7, 11) is 0. The van der Waals surface area contributed by atoms with E-state index in [-0.39, 0.29) is 0 Å². The number of piperidine rings is 1. The van der Waals surface area contributed by atoms with E-state index in [1.54, 1.807) is 0 Å². The number of hydrogen-bond acceptors (Lipinski definition) is 1. The maximum Gasteiger partial charge on any atom is -0.00405 e. The highest BCUT2D eigenvalue weighted by Gasteiger charge is 2.28. The summed E-state index contributed by atoms with van der Waals surface area (Å²) >= 11 is 0. The molecule has 1 aliphatic heterocycles. The van der Waals surface area contributed by atoms with Crippen LogP contribution in [-0.2, 0) is 11.8 Å². The largest absolute Gasteiger partial charge is 0.317 e. The van der Waals surface area contributed by atoms with Crippen molar-refractivity contribution in [2.75, 3.05) is 13.1 Å². The molecule has 0 unspecified atom stereocenters. The van der Waals surface area contributed by atoms with Crippen molar-refractivity contribution in [3.8, 4) is 0 Å². The zero-order valence-electron chi connectivity index (χ0n) is 11.4. The lowest BCUT2D eigenvalue weighted by Crippen LogP contribution is -2.37. The lowest BCUT2D eigenvalue weighted by molar-refractivity contribution is 0.335. The maximum absolute atomic E-state index is 3.45. The second kappa shape index (κ2) is 5.22. The topological polar surface area (TPSA) is 12.0 Å². The average molecular weight is 231 g/mol. The van der Waals surface area contributed by atoms with Crippen LogP contribution in [0.5, 0.6) is 0 Å². The van der Waals surface area contributed by atoms with Crippen LogP contribution in [0.25, 0.3) is 0 Å². The summed E-state index contributed by atoms with van der Waals surface area (Å²) in [5.41, 5.74) is 3.38. The van der Waals surface area contributed by atoms with E-state index in [1.807, 2.05) is 0 Å². The van der Waals surface area contributed by atoms with Crippen LogP contribution in [0.1, 0.15) is 44.7 Å². The van der Waals surface area contributed by atoms with E-state index in [4.69, 9.17) is 0 Å². The average Bonchev–Trinajstić information content (AvgIpc) is 2.30. The van der Waals surface area contributed by atoms with E-state index in [0.29, 0.717) is 5.41 Å². The van der Waals surface area contributed by atoms with Crippen LogP contribution in [0.3, 0.4) is 0 Å². The molecular formula is C16H25N. The summed E-state index contributed by atoms with van der Waals surface area (Å²) < 4.78 is 0. The minimum Gasteiger partial charge on any atom is -0.317 e. The highest BCUT2D eigenvalue weighted by molar-refractivity contribution is 5.29. The monoisotopic (exact) mass is 231 g/mol. The maximum atomic E-state index is 3.45. The van der Waals surface area contributed by atoms with Crippen molar-refractivity contribution in [1.82, 2.24) is 5.32 Å². The summed E-state index contributed by atoms with van der Waals surface area (Å²) in [6, 6.07) is 9.34. The molecule has 0 bridgehead atoms. The van der Waals surface area contributed by atoms with Gasteiger partial charge >= 0.3 is 0 Å². The van der Waals surface area contributed by atoms with Crippen LogP contribution < -0.4 is 5.32 Å². The molecule has 0 aliphatic carbocycles. The van der Waals surface area contributed by atoms with Gasteiger partial charge in [-0.1, -0.05) is 45.0 Å². The third kappa shape index (κ3) is 3.10. The molecule has 1 aromatic carbocycles. The van der Waals surface area contributed by atoms with E-state index >= 15 is 0 Å². The van der Waals surface area contributed by atoms with Crippen LogP contribution in [0.2, 0.25) is 0 Å². The highest BCUT2D eigenvalue weighted by Crippen LogP contribution is 2.32. The Morgan fingerprint density at radius 1 is 1.12 bits per heavy atom. The number of hydrogen-bond donors (Lipinski definition) is 1. The molecule has 94 valence electrons. The molecular weight excluding hydrogens is 206 g/mol. The van der Waals surface area contributed by atoms with Crippen LogP contribution in [0.15, 0.2) is 24.3 Å². The molecule has 1 fully saturated rings. The summed E-state index contributed by atoms with van der Waals surface area (Å²) in [6.45, 7) is 9.28. The molecule has 2 rings (SSSR count). The molecule has 1 aliphatic rings. The Morgan fingerprint density at radius 2 is 1.71 bits per heavy atom. The summed E-state index contributed by atoms with van der Waals surface area (Å²) in [4.78, 5) is 0. The molecule has 0 atom stereocenters. The third-order valence-corrected chi connectivity index (χ3v) is 4.00. The Balaban J connectivity index is 2.11. The second-order valence-corrected chi connectivity index (χ2v) is 6.11. The second-order valence-electron chi connectivity index (χ2n) is 6.11. The molecule has 0 aromatic heterocycles. The van der Waals surface area contributed by atoms with E-state index in [1.165, 1.54) is 30.4 Å². The Bertz CT molecular complexity index is 344. The van der Waals surface area contributed by atoms with E-state index in [2.05, 4.69) is 50.4 Å². The molecule has 17 heavy (non-hydrogen) atoms. The van der Waals surface area contributed by atoms with Gasteiger partial charge in [0.25, 0.3) is 0 Å². The molecule has 1 nitrogen and oxygen atoms in total. The normalized spacial score (nSPS) is 19.5. The van der Waals surface area contributed by atoms with Crippen LogP contribution in [0, 0.1) is 5.92 Å². The number of rotatable bonds is 3. The predicted octanol–water partition coefficient (Wildman–Crippen LogP) is 3.53. The lowest BCUT2D eigenvalue weighted by atomic mass is 9.75. The first-order valence-electron chi connectivity index (χ1n) is 6.90. The molecule has 1 heterocycles. The predicted molar refractivity (Wildman–Crippen MR) is 74.4 cm³/mol. The van der Waals surface area contributed by atoms with Crippen molar-refractivity contribution in [2.24, 2.45) is 5.92 Å². The number of benzene rings is 1. The van der Waals surface area contributed by atoms with Crippen molar-refractivity contribution in [3.05, 3.63) is 35.4 Å². The van der Waals surface area contributed by atoms with Crippen molar-refractivity contribution in [2.45, 2.75) is 45.4 Å². The standard InChI is InChI=1S/C16H25N/c1-13(2)12-14-4-6-15(7-5-14)16(3)8-10-17-11-9-16/h4-7,13,17H,8-12H2,1-3H3. The van der Waals surface area contributed by atoms with Gasteiger partial charge in [0.05, 0.1) is 0 Å². The van der Waals surface area contributed by atoms with Gasteiger partial charge in [-0.3, -0.25) is 0 Å². The number of nitrogens with one attached hydrogen (secondary N) is 1. The van der Waals surface area contributed by atoms with Gasteiger partial charge in [-0.15, -0.1) is 0 Å². The van der Waals surface area contributed by atoms with Crippen molar-refractivity contribution in [1.29, 1.82) is 0 Å². The minimum absolute atomic E-state index is 0.390. The first kappa shape index (κ1) is 12.6. The fraction of sp³-hybridized carbons (Fsp3) is 0.625. The molecule has 0 radical (unpaired) electrons. The molecule has 0 saturated carbocycles. The molecule has 0 spiro atoms. The Hall–Kier alpha value is -0.820. The van der Waals surface area contributed by atoms with Gasteiger partial charge in [0.2, 0.25) is 0 Å². The summed E-state index contributed by atoms with van der Waals surface area (Å²) in [6.07, 6.45) is 3.71. The third-order valence-electron chi connectivity index (χ3n) is 4.00. The fourth-order valence-electron chi connectivity index (χ4n) is 2.78. The fourth-order valence-corrected chi connectivity index (χ4v) is 2.78. The molecule has 1 aromatic rings. The first-order valence-corrected chi connectivity index (χ1v) is 6.90. The zero-order valence-corrected chi connectivity index (χ0v) is 11.4. The van der Waals surface area contributed by atoms with Crippen LogP contribution in [-0.4, -0.2) is 13.1 Å². The van der Waals surface area contributed by atoms with Gasteiger partial charge < -0.3 is 5.32 Å².